The van der Waals surface area contributed by atoms with Gasteiger partial charge in [0.1, 0.15) is 0 Å². The molecule has 200 valence electrons. The zero-order valence-corrected chi connectivity index (χ0v) is 22.3. The minimum absolute atomic E-state index is 0.00301. The summed E-state index contributed by atoms with van der Waals surface area (Å²) in [6.45, 7) is 16.9. The number of unbranched alkanes of at least 4 members (excludes halogenated alkanes) is 2. The maximum Gasteiger partial charge on any atom is 0.220 e. The van der Waals surface area contributed by atoms with Crippen LogP contribution in [0, 0.1) is 5.92 Å². The molecule has 1 aliphatic heterocycles. The van der Waals surface area contributed by atoms with E-state index in [4.69, 9.17) is 14.2 Å². The van der Waals surface area contributed by atoms with Crippen molar-refractivity contribution >= 4 is 5.91 Å². The van der Waals surface area contributed by atoms with E-state index in [1.165, 1.54) is 12.8 Å². The van der Waals surface area contributed by atoms with Crippen molar-refractivity contribution in [2.24, 2.45) is 5.92 Å². The molecule has 1 amide bonds. The van der Waals surface area contributed by atoms with Crippen molar-refractivity contribution in [3.05, 3.63) is 24.2 Å². The van der Waals surface area contributed by atoms with Gasteiger partial charge in [-0.2, -0.15) is 0 Å². The number of amides is 1. The maximum absolute atomic E-state index is 11.9. The van der Waals surface area contributed by atoms with Crippen LogP contribution in [0.25, 0.3) is 0 Å². The van der Waals surface area contributed by atoms with Gasteiger partial charge < -0.3 is 24.8 Å². The normalized spacial score (nSPS) is 18.1. The van der Waals surface area contributed by atoms with E-state index in [1.54, 1.807) is 4.68 Å². The Labute approximate surface area is 211 Å². The Bertz CT molecular complexity index is 746. The van der Waals surface area contributed by atoms with Gasteiger partial charge in [-0.3, -0.25) is 4.79 Å². The van der Waals surface area contributed by atoms with E-state index in [2.05, 4.69) is 55.2 Å². The van der Waals surface area contributed by atoms with E-state index < -0.39 is 0 Å². The van der Waals surface area contributed by atoms with E-state index in [1.807, 2.05) is 6.20 Å². The number of ether oxygens (including phenoxy) is 3. The van der Waals surface area contributed by atoms with Crippen LogP contribution in [0.2, 0.25) is 0 Å². The van der Waals surface area contributed by atoms with Gasteiger partial charge in [0.2, 0.25) is 5.91 Å². The average molecular weight is 494 g/mol. The molecule has 1 aromatic heterocycles. The van der Waals surface area contributed by atoms with Gasteiger partial charge in [-0.1, -0.05) is 45.4 Å². The minimum atomic E-state index is 0.00301. The lowest BCUT2D eigenvalue weighted by Crippen LogP contribution is -2.27. The fourth-order valence-corrected chi connectivity index (χ4v) is 4.02. The molecule has 0 saturated carbocycles. The molecule has 9 heteroatoms. The van der Waals surface area contributed by atoms with E-state index in [0.29, 0.717) is 71.1 Å². The molecule has 0 bridgehead atoms. The van der Waals surface area contributed by atoms with Gasteiger partial charge in [0.05, 0.1) is 51.9 Å². The van der Waals surface area contributed by atoms with Crippen LogP contribution >= 0.6 is 0 Å². The molecule has 2 heterocycles. The molecular formula is C26H47N5O4. The van der Waals surface area contributed by atoms with Crippen LogP contribution in [-0.4, -0.2) is 73.1 Å². The van der Waals surface area contributed by atoms with E-state index >= 15 is 0 Å². The summed E-state index contributed by atoms with van der Waals surface area (Å²) in [6.07, 6.45) is 8.05. The van der Waals surface area contributed by atoms with Crippen molar-refractivity contribution in [2.75, 3.05) is 46.2 Å². The Morgan fingerprint density at radius 2 is 1.80 bits per heavy atom. The highest BCUT2D eigenvalue weighted by atomic mass is 16.5. The molecular weight excluding hydrogens is 446 g/mol. The fraction of sp³-hybridized carbons (Fsp3) is 0.808. The summed E-state index contributed by atoms with van der Waals surface area (Å²) in [5.41, 5.74) is 2.14. The third-order valence-electron chi connectivity index (χ3n) is 6.21. The van der Waals surface area contributed by atoms with E-state index in [0.717, 1.165) is 30.7 Å². The van der Waals surface area contributed by atoms with Crippen molar-refractivity contribution in [2.45, 2.75) is 84.2 Å². The van der Waals surface area contributed by atoms with Crippen LogP contribution < -0.4 is 10.6 Å². The minimum Gasteiger partial charge on any atom is -0.386 e. The Kier molecular flexibility index (Phi) is 13.3. The highest BCUT2D eigenvalue weighted by molar-refractivity contribution is 5.75. The Balaban J connectivity index is 1.31. The van der Waals surface area contributed by atoms with Crippen LogP contribution in [0.5, 0.6) is 0 Å². The molecule has 1 saturated heterocycles. The monoisotopic (exact) mass is 493 g/mol. The van der Waals surface area contributed by atoms with Crippen molar-refractivity contribution in [1.82, 2.24) is 25.6 Å². The second kappa shape index (κ2) is 15.9. The molecule has 0 unspecified atom stereocenters. The molecule has 2 N–H and O–H groups in total. The first-order chi connectivity index (χ1) is 16.8. The molecule has 0 radical (unpaired) electrons. The molecule has 1 fully saturated rings. The number of carbonyl (C=O) groups excluding carboxylic acids is 1. The van der Waals surface area contributed by atoms with Crippen molar-refractivity contribution < 1.29 is 19.0 Å². The van der Waals surface area contributed by atoms with Crippen LogP contribution in [-0.2, 0) is 31.0 Å². The highest BCUT2D eigenvalue weighted by Crippen LogP contribution is 2.26. The Hall–Kier alpha value is -1.97. The molecule has 2 rings (SSSR count). The number of carbonyl (C=O) groups is 1. The third-order valence-corrected chi connectivity index (χ3v) is 6.21. The molecule has 2 atom stereocenters. The number of nitrogens with one attached hydrogen (secondary N) is 2. The van der Waals surface area contributed by atoms with Crippen molar-refractivity contribution in [3.63, 3.8) is 0 Å². The second-order valence-electron chi connectivity index (χ2n) is 10.4. The summed E-state index contributed by atoms with van der Waals surface area (Å²) in [6, 6.07) is 0.531. The smallest absolute Gasteiger partial charge is 0.220 e. The lowest BCUT2D eigenvalue weighted by molar-refractivity contribution is -0.121. The number of rotatable bonds is 18. The summed E-state index contributed by atoms with van der Waals surface area (Å²) in [4.78, 5) is 11.9. The third kappa shape index (κ3) is 12.5. The zero-order valence-electron chi connectivity index (χ0n) is 22.3. The van der Waals surface area contributed by atoms with E-state index in [9.17, 15) is 4.79 Å². The van der Waals surface area contributed by atoms with E-state index in [-0.39, 0.29) is 11.3 Å². The number of hydrogen-bond acceptors (Lipinski definition) is 7. The van der Waals surface area contributed by atoms with Gasteiger partial charge in [-0.05, 0) is 32.1 Å². The van der Waals surface area contributed by atoms with Crippen molar-refractivity contribution in [3.8, 4) is 0 Å². The molecule has 0 spiro atoms. The second-order valence-corrected chi connectivity index (χ2v) is 10.4. The van der Waals surface area contributed by atoms with Gasteiger partial charge >= 0.3 is 0 Å². The predicted molar refractivity (Wildman–Crippen MR) is 137 cm³/mol. The zero-order chi connectivity index (χ0) is 25.5. The topological polar surface area (TPSA) is 99.5 Å². The lowest BCUT2D eigenvalue weighted by Gasteiger charge is -2.14. The Morgan fingerprint density at radius 3 is 2.43 bits per heavy atom. The van der Waals surface area contributed by atoms with Gasteiger partial charge in [0.25, 0.3) is 0 Å². The number of nitrogens with zero attached hydrogens (tertiary/aromatic N) is 3. The van der Waals surface area contributed by atoms with Gasteiger partial charge in [-0.25, -0.2) is 4.68 Å². The van der Waals surface area contributed by atoms with Gasteiger partial charge in [-0.15, -0.1) is 5.10 Å². The first-order valence-electron chi connectivity index (χ1n) is 13.1. The first kappa shape index (κ1) is 29.3. The highest BCUT2D eigenvalue weighted by Gasteiger charge is 2.24. The molecule has 1 aromatic rings. The summed E-state index contributed by atoms with van der Waals surface area (Å²) in [5.74, 6) is 0.796. The fourth-order valence-electron chi connectivity index (χ4n) is 4.02. The molecule has 9 nitrogen and oxygen atoms in total. The largest absolute Gasteiger partial charge is 0.386 e. The lowest BCUT2D eigenvalue weighted by atomic mass is 9.93. The molecule has 0 aromatic carbocycles. The van der Waals surface area contributed by atoms with Crippen LogP contribution in [0.1, 0.15) is 71.9 Å². The van der Waals surface area contributed by atoms with Crippen LogP contribution in [0.3, 0.4) is 0 Å². The summed E-state index contributed by atoms with van der Waals surface area (Å²) >= 11 is 0. The van der Waals surface area contributed by atoms with Crippen LogP contribution in [0.15, 0.2) is 18.5 Å². The van der Waals surface area contributed by atoms with Crippen LogP contribution in [0.4, 0.5) is 0 Å². The maximum atomic E-state index is 11.9. The molecule has 0 aliphatic carbocycles. The van der Waals surface area contributed by atoms with Gasteiger partial charge in [0, 0.05) is 36.3 Å². The number of hydrogen-bond donors (Lipinski definition) is 2. The standard InChI is InChI=1S/C26H47N5O4/c1-21-19-23(22(2)28-21)9-7-6-8-10-25(32)27-11-13-33-15-17-35-18-16-34-14-12-31-20-24(29-30-31)26(3,4)5/h20,22-23,28H,1,6-19H2,2-5H3,(H,27,32)/t22-,23-/m0/s1. The summed E-state index contributed by atoms with van der Waals surface area (Å²) in [5, 5.41) is 14.6. The quantitative estimate of drug-likeness (QED) is 0.303. The summed E-state index contributed by atoms with van der Waals surface area (Å²) in [7, 11) is 0. The number of aromatic nitrogens is 3. The Morgan fingerprint density at radius 1 is 1.11 bits per heavy atom. The van der Waals surface area contributed by atoms with Crippen molar-refractivity contribution in [1.29, 1.82) is 0 Å². The predicted octanol–water partition coefficient (Wildman–Crippen LogP) is 3.20. The summed E-state index contributed by atoms with van der Waals surface area (Å²) < 4.78 is 18.4. The number of allylic oxidation sites excluding steroid dienone is 1. The molecule has 35 heavy (non-hydrogen) atoms. The SMILES string of the molecule is C=C1C[C@H](CCCCCC(=O)NCCOCCOCCOCCn2cc(C(C)(C)C)nn2)[C@H](C)N1. The molecule has 1 aliphatic rings. The average Bonchev–Trinajstić information content (AvgIpc) is 3.40. The van der Waals surface area contributed by atoms with Gasteiger partial charge in [0.15, 0.2) is 0 Å². The first-order valence-corrected chi connectivity index (χ1v) is 13.1.